The molecular weight excluding hydrogens is 180 g/mol. The van der Waals surface area contributed by atoms with Crippen LogP contribution in [0.1, 0.15) is 40.0 Å². The zero-order chi connectivity index (χ0) is 10.6. The molecule has 2 unspecified atom stereocenters. The molecule has 2 heterocycles. The number of piperidine rings is 2. The minimum Gasteiger partial charge on any atom is -0.411 e. The van der Waals surface area contributed by atoms with Crippen molar-refractivity contribution in [2.75, 3.05) is 0 Å². The first-order valence-electron chi connectivity index (χ1n) is 5.13. The Bertz CT molecular complexity index is 288. The van der Waals surface area contributed by atoms with E-state index < -0.39 is 5.54 Å². The lowest BCUT2D eigenvalue weighted by Crippen LogP contribution is -2.69. The smallest absolute Gasteiger partial charge is 0.0851 e. The highest BCUT2D eigenvalue weighted by Gasteiger charge is 2.57. The Morgan fingerprint density at radius 3 is 2.64 bits per heavy atom. The van der Waals surface area contributed by atoms with Gasteiger partial charge < -0.3 is 10.4 Å². The van der Waals surface area contributed by atoms with Gasteiger partial charge in [0.1, 0.15) is 0 Å². The molecule has 0 spiro atoms. The van der Waals surface area contributed by atoms with Crippen molar-refractivity contribution in [2.45, 2.75) is 51.1 Å². The Balaban J connectivity index is 2.44. The van der Waals surface area contributed by atoms with Gasteiger partial charge >= 0.3 is 0 Å². The summed E-state index contributed by atoms with van der Waals surface area (Å²) in [4.78, 5) is 0. The van der Waals surface area contributed by atoms with Crippen molar-refractivity contribution in [3.05, 3.63) is 0 Å². The highest BCUT2D eigenvalue weighted by molar-refractivity contribution is 5.94. The molecule has 3 aliphatic rings. The minimum absolute atomic E-state index is 0.207. The van der Waals surface area contributed by atoms with Gasteiger partial charge in [0.15, 0.2) is 0 Å². The summed E-state index contributed by atoms with van der Waals surface area (Å²) in [5, 5.41) is 23.8. The largest absolute Gasteiger partial charge is 0.411 e. The van der Waals surface area contributed by atoms with Crippen LogP contribution in [0.3, 0.4) is 0 Å². The number of rotatable bonds is 0. The standard InChI is InChI=1S/C10H18N2O2/c1-9(2)7-4-5-10(3,12(9)14)8(6-7)11-13/h7,13-14H,4-6H2,1-3H3/b11-8+. The van der Waals surface area contributed by atoms with Crippen LogP contribution in [-0.2, 0) is 0 Å². The minimum atomic E-state index is -0.465. The molecule has 4 nitrogen and oxygen atoms in total. The maximum absolute atomic E-state index is 10.1. The van der Waals surface area contributed by atoms with Crippen LogP contribution < -0.4 is 0 Å². The summed E-state index contributed by atoms with van der Waals surface area (Å²) < 4.78 is 0. The van der Waals surface area contributed by atoms with Crippen LogP contribution in [-0.4, -0.2) is 32.3 Å². The number of oxime groups is 1. The van der Waals surface area contributed by atoms with Crippen molar-refractivity contribution < 1.29 is 10.4 Å². The van der Waals surface area contributed by atoms with E-state index in [1.165, 1.54) is 5.06 Å². The number of hydrogen-bond acceptors (Lipinski definition) is 4. The predicted octanol–water partition coefficient (Wildman–Crippen LogP) is 1.86. The molecule has 2 atom stereocenters. The molecule has 2 N–H and O–H groups in total. The first-order valence-corrected chi connectivity index (χ1v) is 5.13. The van der Waals surface area contributed by atoms with Gasteiger partial charge in [-0.1, -0.05) is 5.16 Å². The van der Waals surface area contributed by atoms with Crippen molar-refractivity contribution in [2.24, 2.45) is 11.1 Å². The summed E-state index contributed by atoms with van der Waals surface area (Å²) in [5.74, 6) is 0.389. The molecule has 0 amide bonds. The molecular formula is C10H18N2O2. The average molecular weight is 198 g/mol. The lowest BCUT2D eigenvalue weighted by molar-refractivity contribution is -0.253. The third-order valence-corrected chi connectivity index (χ3v) is 4.17. The normalized spacial score (nSPS) is 44.6. The third-order valence-electron chi connectivity index (χ3n) is 4.17. The van der Waals surface area contributed by atoms with E-state index in [1.807, 2.05) is 20.8 Å². The van der Waals surface area contributed by atoms with Crippen LogP contribution >= 0.6 is 0 Å². The molecule has 1 aliphatic carbocycles. The molecule has 3 rings (SSSR count). The Labute approximate surface area is 84.2 Å². The Hall–Kier alpha value is -0.610. The molecule has 0 aromatic rings. The molecule has 2 saturated heterocycles. The molecule has 80 valence electrons. The number of hydrogen-bond donors (Lipinski definition) is 2. The molecule has 2 bridgehead atoms. The van der Waals surface area contributed by atoms with Crippen LogP contribution in [0.15, 0.2) is 5.16 Å². The fourth-order valence-electron chi connectivity index (χ4n) is 2.94. The third kappa shape index (κ3) is 0.982. The van der Waals surface area contributed by atoms with E-state index in [2.05, 4.69) is 5.16 Å². The van der Waals surface area contributed by atoms with Gasteiger partial charge in [0.05, 0.1) is 11.3 Å². The van der Waals surface area contributed by atoms with E-state index in [0.717, 1.165) is 25.0 Å². The van der Waals surface area contributed by atoms with Crippen molar-refractivity contribution in [3.8, 4) is 0 Å². The van der Waals surface area contributed by atoms with Crippen molar-refractivity contribution in [1.82, 2.24) is 5.06 Å². The monoisotopic (exact) mass is 198 g/mol. The lowest BCUT2D eigenvalue weighted by atomic mass is 9.63. The summed E-state index contributed by atoms with van der Waals surface area (Å²) >= 11 is 0. The number of fused-ring (bicyclic) bond motifs is 3. The maximum Gasteiger partial charge on any atom is 0.0851 e. The Morgan fingerprint density at radius 2 is 2.07 bits per heavy atom. The second kappa shape index (κ2) is 2.70. The van der Waals surface area contributed by atoms with E-state index in [1.54, 1.807) is 0 Å². The van der Waals surface area contributed by atoms with Gasteiger partial charge in [-0.25, -0.2) is 0 Å². The highest BCUT2D eigenvalue weighted by Crippen LogP contribution is 2.49. The summed E-state index contributed by atoms with van der Waals surface area (Å²) in [6, 6.07) is 0. The van der Waals surface area contributed by atoms with Crippen LogP contribution in [0.4, 0.5) is 0 Å². The van der Waals surface area contributed by atoms with Crippen molar-refractivity contribution in [3.63, 3.8) is 0 Å². The molecule has 4 heteroatoms. The summed E-state index contributed by atoms with van der Waals surface area (Å²) in [6.07, 6.45) is 2.77. The molecule has 1 saturated carbocycles. The number of hydroxylamine groups is 2. The van der Waals surface area contributed by atoms with Crippen molar-refractivity contribution in [1.29, 1.82) is 0 Å². The maximum atomic E-state index is 10.1. The summed E-state index contributed by atoms with van der Waals surface area (Å²) in [7, 11) is 0. The van der Waals surface area contributed by atoms with Gasteiger partial charge in [-0.15, -0.1) is 0 Å². The van der Waals surface area contributed by atoms with E-state index in [-0.39, 0.29) is 5.54 Å². The molecule has 3 fully saturated rings. The van der Waals surface area contributed by atoms with Crippen LogP contribution in [0.25, 0.3) is 0 Å². The molecule has 0 radical (unpaired) electrons. The highest BCUT2D eigenvalue weighted by atomic mass is 16.5. The average Bonchev–Trinajstić information content (AvgIpc) is 2.14. The fourth-order valence-corrected chi connectivity index (χ4v) is 2.94. The zero-order valence-corrected chi connectivity index (χ0v) is 8.99. The van der Waals surface area contributed by atoms with E-state index in [9.17, 15) is 5.21 Å². The quantitative estimate of drug-likeness (QED) is 0.461. The van der Waals surface area contributed by atoms with E-state index >= 15 is 0 Å². The van der Waals surface area contributed by atoms with Gasteiger partial charge in [-0.3, -0.25) is 0 Å². The Kier molecular flexibility index (Phi) is 1.92. The van der Waals surface area contributed by atoms with Crippen LogP contribution in [0.5, 0.6) is 0 Å². The second-order valence-electron chi connectivity index (χ2n) is 5.23. The van der Waals surface area contributed by atoms with Gasteiger partial charge in [0, 0.05) is 5.54 Å². The number of nitrogens with zero attached hydrogens (tertiary/aromatic N) is 2. The fraction of sp³-hybridized carbons (Fsp3) is 0.900. The molecule has 2 aliphatic heterocycles. The van der Waals surface area contributed by atoms with E-state index in [4.69, 9.17) is 5.21 Å². The molecule has 0 aromatic heterocycles. The van der Waals surface area contributed by atoms with Crippen LogP contribution in [0, 0.1) is 5.92 Å². The van der Waals surface area contributed by atoms with Crippen LogP contribution in [0.2, 0.25) is 0 Å². The SMILES string of the molecule is CC12CCC(C/C1=N\O)C(C)(C)N2O. The van der Waals surface area contributed by atoms with E-state index in [0.29, 0.717) is 5.92 Å². The predicted molar refractivity (Wildman–Crippen MR) is 52.7 cm³/mol. The van der Waals surface area contributed by atoms with Gasteiger partial charge in [-0.2, -0.15) is 5.06 Å². The molecule has 14 heavy (non-hydrogen) atoms. The van der Waals surface area contributed by atoms with Gasteiger partial charge in [0.2, 0.25) is 0 Å². The van der Waals surface area contributed by atoms with Gasteiger partial charge in [-0.05, 0) is 46.0 Å². The van der Waals surface area contributed by atoms with Gasteiger partial charge in [0.25, 0.3) is 0 Å². The second-order valence-corrected chi connectivity index (χ2v) is 5.23. The first kappa shape index (κ1) is 9.93. The topological polar surface area (TPSA) is 56.1 Å². The Morgan fingerprint density at radius 1 is 1.43 bits per heavy atom. The first-order chi connectivity index (χ1) is 6.43. The zero-order valence-electron chi connectivity index (χ0n) is 8.99. The summed E-state index contributed by atoms with van der Waals surface area (Å²) in [6.45, 7) is 6.03. The van der Waals surface area contributed by atoms with Crippen molar-refractivity contribution >= 4 is 5.71 Å². The molecule has 0 aromatic carbocycles. The summed E-state index contributed by atoms with van der Waals surface area (Å²) in [5.41, 5.74) is 0.0457. The lowest BCUT2D eigenvalue weighted by Gasteiger charge is -2.59.